The van der Waals surface area contributed by atoms with Crippen molar-refractivity contribution in [2.75, 3.05) is 19.0 Å². The summed E-state index contributed by atoms with van der Waals surface area (Å²) in [4.78, 5) is 12.5. The van der Waals surface area contributed by atoms with Gasteiger partial charge in [0.1, 0.15) is 30.6 Å². The van der Waals surface area contributed by atoms with Crippen LogP contribution in [-0.2, 0) is 6.54 Å². The van der Waals surface area contributed by atoms with Gasteiger partial charge in [0.05, 0.1) is 24.9 Å². The van der Waals surface area contributed by atoms with Gasteiger partial charge in [-0.15, -0.1) is 0 Å². The molecule has 154 valence electrons. The molecule has 0 amide bonds. The largest absolute Gasteiger partial charge is 0.493 e. The molecule has 10 heteroatoms. The summed E-state index contributed by atoms with van der Waals surface area (Å²) in [6.45, 7) is 1.16. The van der Waals surface area contributed by atoms with Crippen molar-refractivity contribution in [3.05, 3.63) is 60.2 Å². The topological polar surface area (TPSA) is 87.0 Å². The quantitative estimate of drug-likeness (QED) is 0.420. The van der Waals surface area contributed by atoms with E-state index in [0.29, 0.717) is 46.4 Å². The number of methoxy groups -OCH3 is 1. The normalized spacial score (nSPS) is 10.9. The first-order valence-electron chi connectivity index (χ1n) is 9.14. The highest BCUT2D eigenvalue weighted by molar-refractivity contribution is 6.30. The van der Waals surface area contributed by atoms with Gasteiger partial charge in [-0.05, 0) is 24.3 Å². The second-order valence-corrected chi connectivity index (χ2v) is 6.79. The maximum Gasteiger partial charge on any atom is 0.163 e. The summed E-state index contributed by atoms with van der Waals surface area (Å²) in [5.41, 5.74) is 0.890. The lowest BCUT2D eigenvalue weighted by molar-refractivity contribution is 0.281. The first-order valence-corrected chi connectivity index (χ1v) is 9.52. The van der Waals surface area contributed by atoms with Crippen molar-refractivity contribution >= 4 is 34.0 Å². The third kappa shape index (κ3) is 4.41. The number of nitrogens with one attached hydrogen (secondary N) is 1. The molecule has 4 aromatic rings. The third-order valence-electron chi connectivity index (χ3n) is 4.36. The zero-order valence-corrected chi connectivity index (χ0v) is 16.8. The van der Waals surface area contributed by atoms with Gasteiger partial charge >= 0.3 is 0 Å². The Hall–Kier alpha value is -3.46. The molecule has 0 bridgehead atoms. The fourth-order valence-corrected chi connectivity index (χ4v) is 3.07. The van der Waals surface area contributed by atoms with Crippen LogP contribution in [0.5, 0.6) is 11.5 Å². The Morgan fingerprint density at radius 2 is 2.03 bits per heavy atom. The van der Waals surface area contributed by atoms with Gasteiger partial charge in [0.15, 0.2) is 11.5 Å². The number of ether oxygens (including phenoxy) is 2. The molecule has 2 aromatic carbocycles. The molecule has 0 aliphatic rings. The van der Waals surface area contributed by atoms with Gasteiger partial charge in [0.25, 0.3) is 0 Å². The summed E-state index contributed by atoms with van der Waals surface area (Å²) in [5, 5.41) is 8.03. The van der Waals surface area contributed by atoms with E-state index < -0.39 is 5.82 Å². The predicted molar refractivity (Wildman–Crippen MR) is 111 cm³/mol. The van der Waals surface area contributed by atoms with E-state index in [1.54, 1.807) is 42.4 Å². The number of hydrogen-bond acceptors (Lipinski definition) is 7. The zero-order valence-electron chi connectivity index (χ0n) is 16.0. The lowest BCUT2D eigenvalue weighted by Gasteiger charge is -2.14. The van der Waals surface area contributed by atoms with E-state index in [1.165, 1.54) is 18.7 Å². The molecule has 0 radical (unpaired) electrons. The number of benzene rings is 2. The van der Waals surface area contributed by atoms with Gasteiger partial charge in [0, 0.05) is 29.4 Å². The van der Waals surface area contributed by atoms with Crippen LogP contribution < -0.4 is 14.8 Å². The number of halogens is 2. The summed E-state index contributed by atoms with van der Waals surface area (Å²) >= 11 is 5.82. The number of hydrogen-bond donors (Lipinski definition) is 1. The van der Waals surface area contributed by atoms with Gasteiger partial charge in [-0.3, -0.25) is 4.68 Å². The van der Waals surface area contributed by atoms with Crippen molar-refractivity contribution in [2.45, 2.75) is 13.0 Å². The number of aromatic nitrogens is 5. The standard InChI is InChI=1S/C20H18ClFN6O2/c1-29-18-8-14-17(9-19(18)30-6-2-5-28-12-23-10-26-28)24-11-25-20(14)27-16-4-3-13(21)7-15(16)22/h3-4,7-12H,2,5-6H2,1H3,(H,24,25,27). The van der Waals surface area contributed by atoms with Crippen molar-refractivity contribution in [1.82, 2.24) is 24.7 Å². The van der Waals surface area contributed by atoms with E-state index in [2.05, 4.69) is 25.4 Å². The van der Waals surface area contributed by atoms with E-state index in [-0.39, 0.29) is 5.69 Å². The van der Waals surface area contributed by atoms with E-state index in [1.807, 2.05) is 0 Å². The Labute approximate surface area is 176 Å². The van der Waals surface area contributed by atoms with Gasteiger partial charge in [0.2, 0.25) is 0 Å². The lowest BCUT2D eigenvalue weighted by atomic mass is 10.2. The van der Waals surface area contributed by atoms with Crippen molar-refractivity contribution in [1.29, 1.82) is 0 Å². The highest BCUT2D eigenvalue weighted by atomic mass is 35.5. The SMILES string of the molecule is COc1cc2c(Nc3ccc(Cl)cc3F)ncnc2cc1OCCCn1cncn1. The van der Waals surface area contributed by atoms with Crippen molar-refractivity contribution in [2.24, 2.45) is 0 Å². The van der Waals surface area contributed by atoms with Crippen molar-refractivity contribution in [3.63, 3.8) is 0 Å². The number of fused-ring (bicyclic) bond motifs is 1. The van der Waals surface area contributed by atoms with Gasteiger partial charge in [-0.1, -0.05) is 11.6 Å². The monoisotopic (exact) mass is 428 g/mol. The molecular weight excluding hydrogens is 411 g/mol. The Morgan fingerprint density at radius 1 is 1.13 bits per heavy atom. The van der Waals surface area contributed by atoms with Crippen LogP contribution in [0.25, 0.3) is 10.9 Å². The van der Waals surface area contributed by atoms with E-state index >= 15 is 0 Å². The average Bonchev–Trinajstić information content (AvgIpc) is 3.26. The molecule has 0 saturated heterocycles. The minimum atomic E-state index is -0.478. The first kappa shape index (κ1) is 19.8. The van der Waals surface area contributed by atoms with Crippen molar-refractivity contribution in [3.8, 4) is 11.5 Å². The molecule has 0 aliphatic carbocycles. The maximum absolute atomic E-state index is 14.2. The van der Waals surface area contributed by atoms with Crippen LogP contribution >= 0.6 is 11.6 Å². The Kier molecular flexibility index (Phi) is 5.89. The maximum atomic E-state index is 14.2. The minimum Gasteiger partial charge on any atom is -0.493 e. The second kappa shape index (κ2) is 8.91. The van der Waals surface area contributed by atoms with E-state index in [0.717, 1.165) is 6.42 Å². The minimum absolute atomic E-state index is 0.256. The Morgan fingerprint density at radius 3 is 2.80 bits per heavy atom. The van der Waals surface area contributed by atoms with Crippen LogP contribution in [0, 0.1) is 5.82 Å². The van der Waals surface area contributed by atoms with Gasteiger partial charge in [-0.25, -0.2) is 19.3 Å². The predicted octanol–water partition coefficient (Wildman–Crippen LogP) is 4.24. The third-order valence-corrected chi connectivity index (χ3v) is 4.60. The smallest absolute Gasteiger partial charge is 0.163 e. The first-order chi connectivity index (χ1) is 14.6. The molecule has 0 aliphatic heterocycles. The number of nitrogens with zero attached hydrogens (tertiary/aromatic N) is 5. The molecule has 0 fully saturated rings. The molecule has 4 rings (SSSR count). The van der Waals surface area contributed by atoms with Crippen LogP contribution in [0.4, 0.5) is 15.9 Å². The molecule has 1 N–H and O–H groups in total. The van der Waals surface area contributed by atoms with Crippen LogP contribution in [0.2, 0.25) is 5.02 Å². The summed E-state index contributed by atoms with van der Waals surface area (Å²) < 4.78 is 27.3. The highest BCUT2D eigenvalue weighted by Crippen LogP contribution is 2.35. The molecule has 8 nitrogen and oxygen atoms in total. The molecular formula is C20H18ClFN6O2. The molecule has 0 spiro atoms. The van der Waals surface area contributed by atoms with Gasteiger partial charge < -0.3 is 14.8 Å². The number of aryl methyl sites for hydroxylation is 1. The van der Waals surface area contributed by atoms with Crippen LogP contribution in [-0.4, -0.2) is 38.4 Å². The molecule has 2 heterocycles. The molecule has 0 unspecified atom stereocenters. The Bertz CT molecular complexity index is 1160. The lowest BCUT2D eigenvalue weighted by Crippen LogP contribution is -2.06. The molecule has 0 atom stereocenters. The fourth-order valence-electron chi connectivity index (χ4n) is 2.91. The number of rotatable bonds is 8. The number of anilines is 2. The summed E-state index contributed by atoms with van der Waals surface area (Å²) in [6, 6.07) is 7.92. The molecule has 2 aromatic heterocycles. The average molecular weight is 429 g/mol. The molecule has 30 heavy (non-hydrogen) atoms. The highest BCUT2D eigenvalue weighted by Gasteiger charge is 2.13. The Balaban J connectivity index is 1.55. The summed E-state index contributed by atoms with van der Waals surface area (Å²) in [6.07, 6.45) is 5.30. The summed E-state index contributed by atoms with van der Waals surface area (Å²) in [7, 11) is 1.55. The van der Waals surface area contributed by atoms with E-state index in [9.17, 15) is 4.39 Å². The van der Waals surface area contributed by atoms with Gasteiger partial charge in [-0.2, -0.15) is 5.10 Å². The second-order valence-electron chi connectivity index (χ2n) is 6.35. The van der Waals surface area contributed by atoms with E-state index in [4.69, 9.17) is 21.1 Å². The summed E-state index contributed by atoms with van der Waals surface area (Å²) in [5.74, 6) is 1.05. The van der Waals surface area contributed by atoms with Crippen molar-refractivity contribution < 1.29 is 13.9 Å². The zero-order chi connectivity index (χ0) is 20.9. The van der Waals surface area contributed by atoms with Crippen LogP contribution in [0.1, 0.15) is 6.42 Å². The van der Waals surface area contributed by atoms with Crippen LogP contribution in [0.15, 0.2) is 49.3 Å². The molecule has 0 saturated carbocycles. The van der Waals surface area contributed by atoms with Crippen LogP contribution in [0.3, 0.4) is 0 Å². The fraction of sp³-hybridized carbons (Fsp3) is 0.200.